The third-order valence-corrected chi connectivity index (χ3v) is 3.59. The van der Waals surface area contributed by atoms with Crippen molar-refractivity contribution in [1.82, 2.24) is 0 Å². The third-order valence-electron chi connectivity index (χ3n) is 3.39. The van der Waals surface area contributed by atoms with Crippen molar-refractivity contribution >= 4 is 40.6 Å². The van der Waals surface area contributed by atoms with Crippen molar-refractivity contribution < 1.29 is 19.4 Å². The zero-order valence-electron chi connectivity index (χ0n) is 13.8. The molecular formula is C18H18N2O4S. The second-order valence-electron chi connectivity index (χ2n) is 5.21. The number of hydrogen-bond donors (Lipinski definition) is 3. The van der Waals surface area contributed by atoms with Gasteiger partial charge in [-0.15, -0.1) is 0 Å². The molecule has 0 aliphatic heterocycles. The summed E-state index contributed by atoms with van der Waals surface area (Å²) >= 11 is 5.25. The highest BCUT2D eigenvalue weighted by molar-refractivity contribution is 7.80. The van der Waals surface area contributed by atoms with Crippen LogP contribution in [0.2, 0.25) is 0 Å². The van der Waals surface area contributed by atoms with E-state index in [9.17, 15) is 9.59 Å². The number of hydrogen-bond acceptors (Lipinski definition) is 4. The zero-order chi connectivity index (χ0) is 18.4. The van der Waals surface area contributed by atoms with Gasteiger partial charge in [0, 0.05) is 11.4 Å². The molecule has 0 aliphatic rings. The van der Waals surface area contributed by atoms with Crippen molar-refractivity contribution in [3.8, 4) is 0 Å². The predicted molar refractivity (Wildman–Crippen MR) is 100 cm³/mol. The summed E-state index contributed by atoms with van der Waals surface area (Å²) in [7, 11) is 0. The van der Waals surface area contributed by atoms with Crippen LogP contribution in [0.1, 0.15) is 33.2 Å². The number of ether oxygens (including phenoxy) is 1. The number of carboxylic acids is 1. The van der Waals surface area contributed by atoms with Crippen LogP contribution < -0.4 is 10.6 Å². The lowest BCUT2D eigenvalue weighted by Crippen LogP contribution is -2.20. The van der Waals surface area contributed by atoms with Crippen LogP contribution in [0.3, 0.4) is 0 Å². The smallest absolute Gasteiger partial charge is 0.338 e. The first kappa shape index (κ1) is 18.4. The Kier molecular flexibility index (Phi) is 6.08. The SMILES string of the molecule is CCOC(=O)c1ccc(NC(=S)Nc2cc(C(=O)O)ccc2C)cc1. The minimum absolute atomic E-state index is 0.176. The van der Waals surface area contributed by atoms with Gasteiger partial charge in [0.2, 0.25) is 0 Å². The maximum absolute atomic E-state index is 11.6. The number of carbonyl (C=O) groups is 2. The highest BCUT2D eigenvalue weighted by atomic mass is 32.1. The normalized spacial score (nSPS) is 10.0. The van der Waals surface area contributed by atoms with Gasteiger partial charge in [-0.25, -0.2) is 9.59 Å². The first-order valence-electron chi connectivity index (χ1n) is 7.60. The minimum atomic E-state index is -1.00. The van der Waals surface area contributed by atoms with Gasteiger partial charge in [-0.2, -0.15) is 0 Å². The number of rotatable bonds is 5. The third kappa shape index (κ3) is 5.02. The minimum Gasteiger partial charge on any atom is -0.478 e. The number of thiocarbonyl (C=S) groups is 1. The maximum atomic E-state index is 11.6. The molecular weight excluding hydrogens is 340 g/mol. The zero-order valence-corrected chi connectivity index (χ0v) is 14.6. The number of esters is 1. The van der Waals surface area contributed by atoms with Gasteiger partial charge in [0.1, 0.15) is 0 Å². The van der Waals surface area contributed by atoms with Crippen LogP contribution >= 0.6 is 12.2 Å². The van der Waals surface area contributed by atoms with Crippen LogP contribution in [0, 0.1) is 6.92 Å². The Morgan fingerprint density at radius 3 is 2.32 bits per heavy atom. The van der Waals surface area contributed by atoms with Crippen LogP contribution in [-0.4, -0.2) is 28.8 Å². The fraction of sp³-hybridized carbons (Fsp3) is 0.167. The van der Waals surface area contributed by atoms with Crippen LogP contribution in [0.5, 0.6) is 0 Å². The molecule has 0 fully saturated rings. The molecule has 3 N–H and O–H groups in total. The van der Waals surface area contributed by atoms with Gasteiger partial charge in [-0.3, -0.25) is 0 Å². The molecule has 2 rings (SSSR count). The van der Waals surface area contributed by atoms with E-state index in [1.165, 1.54) is 12.1 Å². The largest absolute Gasteiger partial charge is 0.478 e. The monoisotopic (exact) mass is 358 g/mol. The summed E-state index contributed by atoms with van der Waals surface area (Å²) in [5.41, 5.74) is 2.80. The molecule has 0 atom stereocenters. The molecule has 0 unspecified atom stereocenters. The fourth-order valence-corrected chi connectivity index (χ4v) is 2.31. The van der Waals surface area contributed by atoms with E-state index in [2.05, 4.69) is 10.6 Å². The lowest BCUT2D eigenvalue weighted by molar-refractivity contribution is 0.0526. The summed E-state index contributed by atoms with van der Waals surface area (Å²) in [6, 6.07) is 11.5. The van der Waals surface area contributed by atoms with Crippen molar-refractivity contribution in [3.05, 3.63) is 59.2 Å². The van der Waals surface area contributed by atoms with E-state index >= 15 is 0 Å². The summed E-state index contributed by atoms with van der Waals surface area (Å²) in [6.45, 7) is 3.92. The molecule has 0 saturated carbocycles. The first-order valence-corrected chi connectivity index (χ1v) is 8.00. The van der Waals surface area contributed by atoms with E-state index in [-0.39, 0.29) is 11.5 Å². The number of anilines is 2. The van der Waals surface area contributed by atoms with Crippen LogP contribution in [0.15, 0.2) is 42.5 Å². The van der Waals surface area contributed by atoms with Crippen molar-refractivity contribution in [2.45, 2.75) is 13.8 Å². The molecule has 0 spiro atoms. The second-order valence-corrected chi connectivity index (χ2v) is 5.62. The molecule has 7 heteroatoms. The Labute approximate surface area is 150 Å². The lowest BCUT2D eigenvalue weighted by Gasteiger charge is -2.13. The Morgan fingerprint density at radius 2 is 1.72 bits per heavy atom. The summed E-state index contributed by atoms with van der Waals surface area (Å²) in [6.07, 6.45) is 0. The molecule has 130 valence electrons. The molecule has 6 nitrogen and oxygen atoms in total. The van der Waals surface area contributed by atoms with Crippen molar-refractivity contribution in [2.75, 3.05) is 17.2 Å². The number of nitrogens with one attached hydrogen (secondary N) is 2. The topological polar surface area (TPSA) is 87.7 Å². The highest BCUT2D eigenvalue weighted by Crippen LogP contribution is 2.18. The van der Waals surface area contributed by atoms with Crippen molar-refractivity contribution in [1.29, 1.82) is 0 Å². The van der Waals surface area contributed by atoms with Gasteiger partial charge in [-0.1, -0.05) is 6.07 Å². The van der Waals surface area contributed by atoms with E-state index in [0.29, 0.717) is 28.7 Å². The standard InChI is InChI=1S/C18H18N2O4S/c1-3-24-17(23)12-6-8-14(9-7-12)19-18(25)20-15-10-13(16(21)22)5-4-11(15)2/h4-10H,3H2,1-2H3,(H,21,22)(H2,19,20,25). The van der Waals surface area contributed by atoms with E-state index < -0.39 is 5.97 Å². The van der Waals surface area contributed by atoms with Gasteiger partial charge in [-0.05, 0) is 68.0 Å². The van der Waals surface area contributed by atoms with Crippen molar-refractivity contribution in [2.24, 2.45) is 0 Å². The number of aromatic carboxylic acids is 1. The summed E-state index contributed by atoms with van der Waals surface area (Å²) < 4.78 is 4.93. The Morgan fingerprint density at radius 1 is 1.08 bits per heavy atom. The molecule has 0 aliphatic carbocycles. The molecule has 0 heterocycles. The summed E-state index contributed by atoms with van der Waals surface area (Å²) in [5, 5.41) is 15.3. The molecule has 0 radical (unpaired) electrons. The Hall–Kier alpha value is -2.93. The van der Waals surface area contributed by atoms with E-state index in [1.807, 2.05) is 6.92 Å². The molecule has 25 heavy (non-hydrogen) atoms. The number of carbonyl (C=O) groups excluding carboxylic acids is 1. The lowest BCUT2D eigenvalue weighted by atomic mass is 10.1. The first-order chi connectivity index (χ1) is 11.9. The van der Waals surface area contributed by atoms with E-state index in [0.717, 1.165) is 5.56 Å². The van der Waals surface area contributed by atoms with Crippen LogP contribution in [0.4, 0.5) is 11.4 Å². The summed E-state index contributed by atoms with van der Waals surface area (Å²) in [4.78, 5) is 22.7. The van der Waals surface area contributed by atoms with Gasteiger partial charge >= 0.3 is 11.9 Å². The van der Waals surface area contributed by atoms with Crippen LogP contribution in [-0.2, 0) is 4.74 Å². The molecule has 2 aromatic rings. The molecule has 2 aromatic carbocycles. The van der Waals surface area contributed by atoms with Gasteiger partial charge in [0.25, 0.3) is 0 Å². The average molecular weight is 358 g/mol. The average Bonchev–Trinajstić information content (AvgIpc) is 2.57. The molecule has 0 bridgehead atoms. The molecule has 0 saturated heterocycles. The highest BCUT2D eigenvalue weighted by Gasteiger charge is 2.09. The quantitative estimate of drug-likeness (QED) is 0.555. The maximum Gasteiger partial charge on any atom is 0.338 e. The van der Waals surface area contributed by atoms with Gasteiger partial charge < -0.3 is 20.5 Å². The molecule has 0 aromatic heterocycles. The van der Waals surface area contributed by atoms with Crippen LogP contribution in [0.25, 0.3) is 0 Å². The number of carboxylic acid groups (broad SMARTS) is 1. The number of aryl methyl sites for hydroxylation is 1. The Balaban J connectivity index is 2.04. The Bertz CT molecular complexity index is 803. The van der Waals surface area contributed by atoms with E-state index in [4.69, 9.17) is 22.1 Å². The summed E-state index contributed by atoms with van der Waals surface area (Å²) in [5.74, 6) is -1.38. The number of benzene rings is 2. The fourth-order valence-electron chi connectivity index (χ4n) is 2.08. The second kappa shape index (κ2) is 8.25. The predicted octanol–water partition coefficient (Wildman–Crippen LogP) is 3.68. The van der Waals surface area contributed by atoms with Crippen molar-refractivity contribution in [3.63, 3.8) is 0 Å². The molecule has 0 amide bonds. The van der Waals surface area contributed by atoms with Gasteiger partial charge in [0.15, 0.2) is 5.11 Å². The van der Waals surface area contributed by atoms with Gasteiger partial charge in [0.05, 0.1) is 17.7 Å². The van der Waals surface area contributed by atoms with E-state index in [1.54, 1.807) is 37.3 Å².